The van der Waals surface area contributed by atoms with E-state index in [1.807, 2.05) is 0 Å². The van der Waals surface area contributed by atoms with Crippen LogP contribution >= 0.6 is 0 Å². The monoisotopic (exact) mass is 271 g/mol. The molecule has 0 aliphatic carbocycles. The van der Waals surface area contributed by atoms with Crippen molar-refractivity contribution in [1.29, 1.82) is 5.26 Å². The molecule has 0 atom stereocenters. The predicted octanol–water partition coefficient (Wildman–Crippen LogP) is 2.12. The molecule has 1 amide bonds. The van der Waals surface area contributed by atoms with Crippen molar-refractivity contribution in [3.05, 3.63) is 29.3 Å². The second kappa shape index (κ2) is 6.42. The first kappa shape index (κ1) is 14.4. The van der Waals surface area contributed by atoms with Crippen LogP contribution < -0.4 is 4.90 Å². The lowest BCUT2D eigenvalue weighted by molar-refractivity contribution is -0.128. The highest BCUT2D eigenvalue weighted by molar-refractivity contribution is 5.81. The fraction of sp³-hybridized carbons (Fsp3) is 0.500. The molecule has 2 rings (SSSR count). The van der Waals surface area contributed by atoms with Gasteiger partial charge in [-0.25, -0.2) is 0 Å². The van der Waals surface area contributed by atoms with E-state index in [0.717, 1.165) is 19.4 Å². The molecule has 0 fully saturated rings. The first-order valence-corrected chi connectivity index (χ1v) is 7.07. The molecule has 1 aliphatic rings. The molecule has 0 spiro atoms. The van der Waals surface area contributed by atoms with Gasteiger partial charge in [0.05, 0.1) is 19.0 Å². The van der Waals surface area contributed by atoms with E-state index >= 15 is 0 Å². The molecule has 0 unspecified atom stereocenters. The SMILES string of the molecule is Cc1ccc2c(c1)CCCN2CC(=O)N(C)CCC#N. The molecule has 4 heteroatoms. The summed E-state index contributed by atoms with van der Waals surface area (Å²) in [6.45, 7) is 3.93. The molecular formula is C16H21N3O. The van der Waals surface area contributed by atoms with Crippen LogP contribution in [0.5, 0.6) is 0 Å². The normalized spacial score (nSPS) is 13.6. The maximum absolute atomic E-state index is 12.2. The Bertz CT molecular complexity index is 533. The number of nitriles is 1. The largest absolute Gasteiger partial charge is 0.362 e. The number of amides is 1. The molecule has 1 heterocycles. The molecule has 106 valence electrons. The van der Waals surface area contributed by atoms with E-state index in [1.54, 1.807) is 11.9 Å². The molecule has 1 aromatic rings. The van der Waals surface area contributed by atoms with Crippen LogP contribution in [0.1, 0.15) is 24.0 Å². The topological polar surface area (TPSA) is 47.3 Å². The highest BCUT2D eigenvalue weighted by atomic mass is 16.2. The lowest BCUT2D eigenvalue weighted by atomic mass is 9.99. The quantitative estimate of drug-likeness (QED) is 0.842. The molecule has 0 N–H and O–H groups in total. The summed E-state index contributed by atoms with van der Waals surface area (Å²) in [5.41, 5.74) is 3.79. The maximum atomic E-state index is 12.2. The van der Waals surface area contributed by atoms with Crippen molar-refractivity contribution >= 4 is 11.6 Å². The van der Waals surface area contributed by atoms with Crippen molar-refractivity contribution in [3.8, 4) is 6.07 Å². The van der Waals surface area contributed by atoms with Gasteiger partial charge in [0.2, 0.25) is 5.91 Å². The molecule has 1 aromatic carbocycles. The minimum atomic E-state index is 0.0775. The summed E-state index contributed by atoms with van der Waals surface area (Å²) in [5.74, 6) is 0.0775. The fourth-order valence-electron chi connectivity index (χ4n) is 2.59. The number of hydrogen-bond acceptors (Lipinski definition) is 3. The predicted molar refractivity (Wildman–Crippen MR) is 79.6 cm³/mol. The molecule has 1 aliphatic heterocycles. The van der Waals surface area contributed by atoms with Crippen LogP contribution in [-0.4, -0.2) is 37.5 Å². The number of likely N-dealkylation sites (N-methyl/N-ethyl adjacent to an activating group) is 1. The Morgan fingerprint density at radius 1 is 1.50 bits per heavy atom. The third-order valence-corrected chi connectivity index (χ3v) is 3.76. The van der Waals surface area contributed by atoms with E-state index < -0.39 is 0 Å². The molecular weight excluding hydrogens is 250 g/mol. The molecule has 0 aromatic heterocycles. The van der Waals surface area contributed by atoms with Gasteiger partial charge >= 0.3 is 0 Å². The van der Waals surface area contributed by atoms with Crippen LogP contribution in [0, 0.1) is 18.3 Å². The van der Waals surface area contributed by atoms with Gasteiger partial charge in [-0.3, -0.25) is 4.79 Å². The third kappa shape index (κ3) is 3.30. The minimum absolute atomic E-state index is 0.0775. The summed E-state index contributed by atoms with van der Waals surface area (Å²) in [5, 5.41) is 8.58. The van der Waals surface area contributed by atoms with Crippen molar-refractivity contribution in [2.75, 3.05) is 31.6 Å². The summed E-state index contributed by atoms with van der Waals surface area (Å²) in [6, 6.07) is 8.50. The van der Waals surface area contributed by atoms with Crippen LogP contribution in [0.25, 0.3) is 0 Å². The first-order valence-electron chi connectivity index (χ1n) is 7.07. The third-order valence-electron chi connectivity index (χ3n) is 3.76. The number of hydrogen-bond donors (Lipinski definition) is 0. The molecule has 0 radical (unpaired) electrons. The summed E-state index contributed by atoms with van der Waals surface area (Å²) in [6.07, 6.45) is 2.57. The van der Waals surface area contributed by atoms with E-state index in [4.69, 9.17) is 5.26 Å². The van der Waals surface area contributed by atoms with Gasteiger partial charge in [-0.2, -0.15) is 5.26 Å². The van der Waals surface area contributed by atoms with E-state index in [0.29, 0.717) is 19.5 Å². The summed E-state index contributed by atoms with van der Waals surface area (Å²) in [7, 11) is 1.76. The van der Waals surface area contributed by atoms with Crippen molar-refractivity contribution in [2.24, 2.45) is 0 Å². The molecule has 0 saturated heterocycles. The highest BCUT2D eigenvalue weighted by Crippen LogP contribution is 2.27. The van der Waals surface area contributed by atoms with Gasteiger partial charge in [0, 0.05) is 25.8 Å². The number of aryl methyl sites for hydroxylation is 2. The Hall–Kier alpha value is -2.02. The standard InChI is InChI=1S/C16H21N3O/c1-13-6-7-15-14(11-13)5-3-10-19(15)12-16(20)18(2)9-4-8-17/h6-7,11H,3-5,9-10,12H2,1-2H3. The molecule has 0 saturated carbocycles. The average Bonchev–Trinajstić information content (AvgIpc) is 2.44. The van der Waals surface area contributed by atoms with Gasteiger partial charge < -0.3 is 9.80 Å². The minimum Gasteiger partial charge on any atom is -0.362 e. The molecule has 4 nitrogen and oxygen atoms in total. The number of anilines is 1. The maximum Gasteiger partial charge on any atom is 0.241 e. The lowest BCUT2D eigenvalue weighted by Gasteiger charge is -2.32. The molecule has 0 bridgehead atoms. The van der Waals surface area contributed by atoms with Crippen LogP contribution in [0.2, 0.25) is 0 Å². The summed E-state index contributed by atoms with van der Waals surface area (Å²) >= 11 is 0. The highest BCUT2D eigenvalue weighted by Gasteiger charge is 2.20. The van der Waals surface area contributed by atoms with Crippen LogP contribution in [0.4, 0.5) is 5.69 Å². The Morgan fingerprint density at radius 2 is 2.30 bits per heavy atom. The van der Waals surface area contributed by atoms with Crippen molar-refractivity contribution in [1.82, 2.24) is 4.90 Å². The van der Waals surface area contributed by atoms with Crippen molar-refractivity contribution in [2.45, 2.75) is 26.2 Å². The summed E-state index contributed by atoms with van der Waals surface area (Å²) in [4.78, 5) is 16.0. The van der Waals surface area contributed by atoms with Crippen LogP contribution in [0.3, 0.4) is 0 Å². The van der Waals surface area contributed by atoms with E-state index in [-0.39, 0.29) is 5.91 Å². The van der Waals surface area contributed by atoms with Gasteiger partial charge in [-0.05, 0) is 31.4 Å². The van der Waals surface area contributed by atoms with E-state index in [2.05, 4.69) is 36.1 Å². The first-order chi connectivity index (χ1) is 9.61. The fourth-order valence-corrected chi connectivity index (χ4v) is 2.59. The zero-order chi connectivity index (χ0) is 14.5. The number of rotatable bonds is 4. The Kier molecular flexibility index (Phi) is 4.62. The Balaban J connectivity index is 2.05. The van der Waals surface area contributed by atoms with Crippen molar-refractivity contribution in [3.63, 3.8) is 0 Å². The van der Waals surface area contributed by atoms with Crippen LogP contribution in [0.15, 0.2) is 18.2 Å². The smallest absolute Gasteiger partial charge is 0.241 e. The Morgan fingerprint density at radius 3 is 3.05 bits per heavy atom. The van der Waals surface area contributed by atoms with Crippen molar-refractivity contribution < 1.29 is 4.79 Å². The zero-order valence-corrected chi connectivity index (χ0v) is 12.2. The number of nitrogens with zero attached hydrogens (tertiary/aromatic N) is 3. The van der Waals surface area contributed by atoms with Gasteiger partial charge in [0.1, 0.15) is 0 Å². The number of carbonyl (C=O) groups is 1. The van der Waals surface area contributed by atoms with Gasteiger partial charge in [0.25, 0.3) is 0 Å². The van der Waals surface area contributed by atoms with Gasteiger partial charge in [-0.15, -0.1) is 0 Å². The molecule has 20 heavy (non-hydrogen) atoms. The second-order valence-electron chi connectivity index (χ2n) is 5.38. The lowest BCUT2D eigenvalue weighted by Crippen LogP contribution is -2.41. The average molecular weight is 271 g/mol. The summed E-state index contributed by atoms with van der Waals surface area (Å²) < 4.78 is 0. The van der Waals surface area contributed by atoms with Gasteiger partial charge in [0.15, 0.2) is 0 Å². The van der Waals surface area contributed by atoms with Crippen LogP contribution in [-0.2, 0) is 11.2 Å². The number of fused-ring (bicyclic) bond motifs is 1. The zero-order valence-electron chi connectivity index (χ0n) is 12.2. The van der Waals surface area contributed by atoms with E-state index in [9.17, 15) is 4.79 Å². The number of carbonyl (C=O) groups excluding carboxylic acids is 1. The van der Waals surface area contributed by atoms with E-state index in [1.165, 1.54) is 16.8 Å². The second-order valence-corrected chi connectivity index (χ2v) is 5.38. The Labute approximate surface area is 120 Å². The number of benzene rings is 1. The van der Waals surface area contributed by atoms with Gasteiger partial charge in [-0.1, -0.05) is 17.7 Å².